The first-order chi connectivity index (χ1) is 9.38. The second-order valence-electron chi connectivity index (χ2n) is 7.57. The van der Waals surface area contributed by atoms with E-state index in [0.29, 0.717) is 25.9 Å². The van der Waals surface area contributed by atoms with Gasteiger partial charge in [-0.1, -0.05) is 6.92 Å². The summed E-state index contributed by atoms with van der Waals surface area (Å²) in [5, 5.41) is 0. The van der Waals surface area contributed by atoms with E-state index in [1.165, 1.54) is 0 Å². The number of carbonyl (C=O) groups is 1. The summed E-state index contributed by atoms with van der Waals surface area (Å²) in [5.74, 6) is 0.261. The van der Waals surface area contributed by atoms with Gasteiger partial charge in [0.1, 0.15) is 5.60 Å². The van der Waals surface area contributed by atoms with Crippen LogP contribution in [0.5, 0.6) is 0 Å². The van der Waals surface area contributed by atoms with Crippen molar-refractivity contribution in [2.75, 3.05) is 19.3 Å². The lowest BCUT2D eigenvalue weighted by Gasteiger charge is -2.27. The smallest absolute Gasteiger partial charge is 0.410 e. The highest BCUT2D eigenvalue weighted by Gasteiger charge is 2.52. The Morgan fingerprint density at radius 3 is 2.43 bits per heavy atom. The highest BCUT2D eigenvalue weighted by Crippen LogP contribution is 2.49. The van der Waals surface area contributed by atoms with Gasteiger partial charge in [-0.05, 0) is 44.9 Å². The molecule has 1 aliphatic carbocycles. The van der Waals surface area contributed by atoms with E-state index < -0.39 is 15.7 Å². The standard InChI is InChI=1S/C14H25NO5S/c1-13(2,3)19-12(16)15-8-10-6-11(20-21(5,17)18)7-14(10,4)9-15/h10-11H,6-9H2,1-5H3/t10-,11-,14+/m1/s1. The second kappa shape index (κ2) is 5.12. The van der Waals surface area contributed by atoms with E-state index in [2.05, 4.69) is 6.92 Å². The monoisotopic (exact) mass is 319 g/mol. The zero-order valence-electron chi connectivity index (χ0n) is 13.4. The predicted octanol–water partition coefficient (Wildman–Crippen LogP) is 2.00. The van der Waals surface area contributed by atoms with Crippen LogP contribution in [0.4, 0.5) is 4.79 Å². The lowest BCUT2D eigenvalue weighted by atomic mass is 9.83. The Hall–Kier alpha value is -0.820. The zero-order valence-corrected chi connectivity index (χ0v) is 14.2. The Morgan fingerprint density at radius 1 is 1.33 bits per heavy atom. The van der Waals surface area contributed by atoms with Crippen LogP contribution in [0.3, 0.4) is 0 Å². The minimum Gasteiger partial charge on any atom is -0.444 e. The predicted molar refractivity (Wildman–Crippen MR) is 78.4 cm³/mol. The number of hydrogen-bond acceptors (Lipinski definition) is 5. The summed E-state index contributed by atoms with van der Waals surface area (Å²) in [6.07, 6.45) is 1.85. The van der Waals surface area contributed by atoms with Gasteiger partial charge < -0.3 is 9.64 Å². The maximum Gasteiger partial charge on any atom is 0.410 e. The van der Waals surface area contributed by atoms with Crippen molar-refractivity contribution < 1.29 is 22.1 Å². The van der Waals surface area contributed by atoms with Gasteiger partial charge in [-0.15, -0.1) is 0 Å². The van der Waals surface area contributed by atoms with Crippen LogP contribution < -0.4 is 0 Å². The fourth-order valence-electron chi connectivity index (χ4n) is 3.41. The van der Waals surface area contributed by atoms with Crippen molar-refractivity contribution in [3.63, 3.8) is 0 Å². The molecule has 0 bridgehead atoms. The third-order valence-corrected chi connectivity index (χ3v) is 4.80. The van der Waals surface area contributed by atoms with E-state index in [0.717, 1.165) is 6.26 Å². The highest BCUT2D eigenvalue weighted by molar-refractivity contribution is 7.86. The lowest BCUT2D eigenvalue weighted by Crippen LogP contribution is -2.37. The first-order valence-corrected chi connectivity index (χ1v) is 9.06. The van der Waals surface area contributed by atoms with Crippen LogP contribution in [-0.2, 0) is 19.0 Å². The van der Waals surface area contributed by atoms with Crippen molar-refractivity contribution in [3.8, 4) is 0 Å². The first-order valence-electron chi connectivity index (χ1n) is 7.24. The molecule has 0 aromatic heterocycles. The number of rotatable bonds is 2. The van der Waals surface area contributed by atoms with Crippen molar-refractivity contribution >= 4 is 16.2 Å². The van der Waals surface area contributed by atoms with Gasteiger partial charge in [0, 0.05) is 13.1 Å². The van der Waals surface area contributed by atoms with Gasteiger partial charge >= 0.3 is 6.09 Å². The number of fused-ring (bicyclic) bond motifs is 1. The molecule has 0 aromatic carbocycles. The Kier molecular flexibility index (Phi) is 4.04. The molecule has 1 aliphatic heterocycles. The number of hydrogen-bond donors (Lipinski definition) is 0. The Bertz CT molecular complexity index is 524. The minimum absolute atomic E-state index is 0.0910. The SMILES string of the molecule is CC(C)(C)OC(=O)N1C[C@H]2C[C@@H](OS(C)(=O)=O)C[C@@]2(C)C1. The molecule has 0 radical (unpaired) electrons. The molecule has 1 saturated heterocycles. The third-order valence-electron chi connectivity index (χ3n) is 4.18. The summed E-state index contributed by atoms with van der Waals surface area (Å²) in [7, 11) is -3.42. The van der Waals surface area contributed by atoms with Gasteiger partial charge in [0.15, 0.2) is 0 Å². The summed E-state index contributed by atoms with van der Waals surface area (Å²) < 4.78 is 33.0. The molecule has 122 valence electrons. The molecule has 6 nitrogen and oxygen atoms in total. The van der Waals surface area contributed by atoms with Gasteiger partial charge in [0.25, 0.3) is 10.1 Å². The van der Waals surface area contributed by atoms with Gasteiger partial charge in [-0.3, -0.25) is 4.18 Å². The van der Waals surface area contributed by atoms with Gasteiger partial charge in [0.2, 0.25) is 0 Å². The van der Waals surface area contributed by atoms with E-state index in [1.807, 2.05) is 20.8 Å². The molecule has 0 aromatic rings. The number of likely N-dealkylation sites (tertiary alicyclic amines) is 1. The average molecular weight is 319 g/mol. The van der Waals surface area contributed by atoms with Crippen molar-refractivity contribution in [1.82, 2.24) is 4.90 Å². The Balaban J connectivity index is 1.97. The number of carbonyl (C=O) groups excluding carboxylic acids is 1. The summed E-state index contributed by atoms with van der Waals surface area (Å²) in [6.45, 7) is 8.83. The fourth-order valence-corrected chi connectivity index (χ4v) is 4.05. The topological polar surface area (TPSA) is 72.9 Å². The first kappa shape index (κ1) is 16.5. The molecule has 0 N–H and O–H groups in total. The molecule has 1 amide bonds. The van der Waals surface area contributed by atoms with Crippen LogP contribution in [0.2, 0.25) is 0 Å². The van der Waals surface area contributed by atoms with Crippen LogP contribution in [0.25, 0.3) is 0 Å². The molecule has 1 heterocycles. The zero-order chi connectivity index (χ0) is 16.1. The van der Waals surface area contributed by atoms with Crippen LogP contribution in [-0.4, -0.2) is 50.5 Å². The van der Waals surface area contributed by atoms with E-state index in [1.54, 1.807) is 4.90 Å². The highest BCUT2D eigenvalue weighted by atomic mass is 32.2. The molecule has 2 aliphatic rings. The molecule has 0 unspecified atom stereocenters. The molecule has 0 spiro atoms. The molecular formula is C14H25NO5S. The average Bonchev–Trinajstić information content (AvgIpc) is 2.63. The summed E-state index contributed by atoms with van der Waals surface area (Å²) in [6, 6.07) is 0. The summed E-state index contributed by atoms with van der Waals surface area (Å²) >= 11 is 0. The molecule has 21 heavy (non-hydrogen) atoms. The molecule has 7 heteroatoms. The van der Waals surface area contributed by atoms with Crippen LogP contribution in [0.1, 0.15) is 40.5 Å². The van der Waals surface area contributed by atoms with Crippen molar-refractivity contribution in [2.45, 2.75) is 52.2 Å². The minimum atomic E-state index is -3.42. The van der Waals surface area contributed by atoms with Crippen LogP contribution >= 0.6 is 0 Å². The molecular weight excluding hydrogens is 294 g/mol. The number of nitrogens with zero attached hydrogens (tertiary/aromatic N) is 1. The van der Waals surface area contributed by atoms with E-state index in [9.17, 15) is 13.2 Å². The maximum absolute atomic E-state index is 12.1. The Labute approximate surface area is 126 Å². The molecule has 2 fully saturated rings. The number of amides is 1. The largest absolute Gasteiger partial charge is 0.444 e. The second-order valence-corrected chi connectivity index (χ2v) is 9.17. The maximum atomic E-state index is 12.1. The molecule has 2 rings (SSSR count). The molecule has 1 saturated carbocycles. The quantitative estimate of drug-likeness (QED) is 0.728. The van der Waals surface area contributed by atoms with Crippen molar-refractivity contribution in [3.05, 3.63) is 0 Å². The third kappa shape index (κ3) is 4.10. The van der Waals surface area contributed by atoms with Gasteiger partial charge in [0.05, 0.1) is 12.4 Å². The fraction of sp³-hybridized carbons (Fsp3) is 0.929. The molecule has 3 atom stereocenters. The van der Waals surface area contributed by atoms with E-state index in [4.69, 9.17) is 8.92 Å². The van der Waals surface area contributed by atoms with Crippen LogP contribution in [0.15, 0.2) is 0 Å². The van der Waals surface area contributed by atoms with E-state index >= 15 is 0 Å². The lowest BCUT2D eigenvalue weighted by molar-refractivity contribution is 0.0259. The normalized spacial score (nSPS) is 33.1. The van der Waals surface area contributed by atoms with Crippen molar-refractivity contribution in [1.29, 1.82) is 0 Å². The van der Waals surface area contributed by atoms with E-state index in [-0.39, 0.29) is 23.5 Å². The van der Waals surface area contributed by atoms with Gasteiger partial charge in [-0.2, -0.15) is 8.42 Å². The summed E-state index contributed by atoms with van der Waals surface area (Å²) in [5.41, 5.74) is -0.593. The van der Waals surface area contributed by atoms with Crippen LogP contribution in [0, 0.1) is 11.3 Å². The Morgan fingerprint density at radius 2 is 1.95 bits per heavy atom. The van der Waals surface area contributed by atoms with Gasteiger partial charge in [-0.25, -0.2) is 4.79 Å². The summed E-state index contributed by atoms with van der Waals surface area (Å²) in [4.78, 5) is 13.8. The number of ether oxygens (including phenoxy) is 1. The van der Waals surface area contributed by atoms with Crippen molar-refractivity contribution in [2.24, 2.45) is 11.3 Å².